The molecule has 30 heavy (non-hydrogen) atoms. The van der Waals surface area contributed by atoms with Gasteiger partial charge in [0.05, 0.1) is 18.2 Å². The number of rotatable bonds is 4. The van der Waals surface area contributed by atoms with Crippen LogP contribution in [0.5, 0.6) is 17.2 Å². The highest BCUT2D eigenvalue weighted by molar-refractivity contribution is 6.15. The second-order valence-corrected chi connectivity index (χ2v) is 6.67. The van der Waals surface area contributed by atoms with Gasteiger partial charge in [0, 0.05) is 5.56 Å². The number of hydrogen-bond acceptors (Lipinski definition) is 5. The Labute approximate surface area is 172 Å². The third-order valence-corrected chi connectivity index (χ3v) is 4.73. The van der Waals surface area contributed by atoms with Crippen molar-refractivity contribution in [2.75, 3.05) is 7.11 Å². The number of carbonyl (C=O) groups excluding carboxylic acids is 2. The molecule has 3 aromatic carbocycles. The number of halogens is 1. The molecule has 1 aliphatic heterocycles. The van der Waals surface area contributed by atoms with Crippen LogP contribution in [0.2, 0.25) is 0 Å². The molecular formula is C24H17FO5. The van der Waals surface area contributed by atoms with Gasteiger partial charge in [-0.2, -0.15) is 0 Å². The van der Waals surface area contributed by atoms with Gasteiger partial charge in [0.15, 0.2) is 5.76 Å². The van der Waals surface area contributed by atoms with Crippen LogP contribution < -0.4 is 14.2 Å². The van der Waals surface area contributed by atoms with E-state index in [9.17, 15) is 14.0 Å². The van der Waals surface area contributed by atoms with Gasteiger partial charge in [0.25, 0.3) is 0 Å². The van der Waals surface area contributed by atoms with Gasteiger partial charge in [-0.1, -0.05) is 12.1 Å². The molecule has 150 valence electrons. The van der Waals surface area contributed by atoms with E-state index in [1.165, 1.54) is 12.1 Å². The minimum atomic E-state index is -0.535. The minimum Gasteiger partial charge on any atom is -0.497 e. The molecule has 0 atom stereocenters. The smallest absolute Gasteiger partial charge is 0.343 e. The fourth-order valence-corrected chi connectivity index (χ4v) is 3.07. The van der Waals surface area contributed by atoms with Gasteiger partial charge in [-0.3, -0.25) is 4.79 Å². The molecule has 6 heteroatoms. The molecular weight excluding hydrogens is 387 g/mol. The zero-order chi connectivity index (χ0) is 21.3. The molecule has 0 radical (unpaired) electrons. The van der Waals surface area contributed by atoms with Gasteiger partial charge >= 0.3 is 5.97 Å². The molecule has 1 aliphatic rings. The maximum Gasteiger partial charge on any atom is 0.343 e. The zero-order valence-corrected chi connectivity index (χ0v) is 16.3. The minimum absolute atomic E-state index is 0.123. The first-order valence-corrected chi connectivity index (χ1v) is 9.16. The molecule has 4 rings (SSSR count). The van der Waals surface area contributed by atoms with Gasteiger partial charge < -0.3 is 14.2 Å². The summed E-state index contributed by atoms with van der Waals surface area (Å²) in [5.41, 5.74) is 1.91. The van der Waals surface area contributed by atoms with Crippen molar-refractivity contribution in [3.8, 4) is 17.2 Å². The standard InChI is InChI=1S/C24H17FO5/c1-14-20(30-24(27)16-5-9-18(28-2)10-6-16)12-11-19-22(26)21(29-23(14)19)13-15-3-7-17(25)8-4-15/h3-13H,1-2H3/b21-13-. The lowest BCUT2D eigenvalue weighted by Gasteiger charge is -2.10. The second kappa shape index (κ2) is 7.83. The lowest BCUT2D eigenvalue weighted by molar-refractivity contribution is 0.0733. The number of benzene rings is 3. The Bertz CT molecular complexity index is 1160. The molecule has 0 aliphatic carbocycles. The topological polar surface area (TPSA) is 61.8 Å². The number of esters is 1. The maximum absolute atomic E-state index is 13.1. The first-order chi connectivity index (χ1) is 14.5. The predicted octanol–water partition coefficient (Wildman–Crippen LogP) is 4.98. The van der Waals surface area contributed by atoms with Crippen molar-refractivity contribution < 1.29 is 28.2 Å². The number of ether oxygens (including phenoxy) is 3. The third-order valence-electron chi connectivity index (χ3n) is 4.73. The van der Waals surface area contributed by atoms with Gasteiger partial charge in [0.1, 0.15) is 23.1 Å². The average molecular weight is 404 g/mol. The van der Waals surface area contributed by atoms with E-state index in [2.05, 4.69) is 0 Å². The van der Waals surface area contributed by atoms with Crippen LogP contribution in [0, 0.1) is 12.7 Å². The summed E-state index contributed by atoms with van der Waals surface area (Å²) < 4.78 is 29.4. The second-order valence-electron chi connectivity index (χ2n) is 6.67. The summed E-state index contributed by atoms with van der Waals surface area (Å²) in [6.45, 7) is 1.71. The van der Waals surface area contributed by atoms with Gasteiger partial charge in [-0.05, 0) is 67.1 Å². The Morgan fingerprint density at radius 2 is 1.70 bits per heavy atom. The number of ketones is 1. The molecule has 0 saturated carbocycles. The fraction of sp³-hybridized carbons (Fsp3) is 0.0833. The average Bonchev–Trinajstić information content (AvgIpc) is 3.08. The van der Waals surface area contributed by atoms with E-state index in [1.807, 2.05) is 0 Å². The van der Waals surface area contributed by atoms with E-state index >= 15 is 0 Å². The molecule has 5 nitrogen and oxygen atoms in total. The number of allylic oxidation sites excluding steroid dienone is 1. The van der Waals surface area contributed by atoms with Crippen molar-refractivity contribution in [2.24, 2.45) is 0 Å². The summed E-state index contributed by atoms with van der Waals surface area (Å²) in [6.07, 6.45) is 1.55. The summed E-state index contributed by atoms with van der Waals surface area (Å²) in [5, 5.41) is 0. The van der Waals surface area contributed by atoms with Crippen LogP contribution >= 0.6 is 0 Å². The predicted molar refractivity (Wildman–Crippen MR) is 108 cm³/mol. The van der Waals surface area contributed by atoms with Gasteiger partial charge in [-0.25, -0.2) is 9.18 Å². The Kier molecular flexibility index (Phi) is 5.06. The van der Waals surface area contributed by atoms with Crippen LogP contribution in [0.1, 0.15) is 31.8 Å². The van der Waals surface area contributed by atoms with Crippen molar-refractivity contribution in [2.45, 2.75) is 6.92 Å². The zero-order valence-electron chi connectivity index (χ0n) is 16.3. The van der Waals surface area contributed by atoms with Crippen molar-refractivity contribution in [1.29, 1.82) is 0 Å². The summed E-state index contributed by atoms with van der Waals surface area (Å²) in [5.74, 6) is 0.209. The first kappa shape index (κ1) is 19.4. The van der Waals surface area contributed by atoms with Crippen LogP contribution in [-0.2, 0) is 0 Å². The fourth-order valence-electron chi connectivity index (χ4n) is 3.07. The molecule has 3 aromatic rings. The molecule has 0 aromatic heterocycles. The molecule has 0 amide bonds. The van der Waals surface area contributed by atoms with E-state index in [4.69, 9.17) is 14.2 Å². The van der Waals surface area contributed by atoms with Crippen LogP contribution in [-0.4, -0.2) is 18.9 Å². The molecule has 0 bridgehead atoms. The van der Waals surface area contributed by atoms with Gasteiger partial charge in [-0.15, -0.1) is 0 Å². The number of Topliss-reactive ketones (excluding diaryl/α,β-unsaturated/α-hetero) is 1. The monoisotopic (exact) mass is 404 g/mol. The Morgan fingerprint density at radius 1 is 1.00 bits per heavy atom. The van der Waals surface area contributed by atoms with Crippen LogP contribution in [0.25, 0.3) is 6.08 Å². The Hall–Kier alpha value is -3.93. The van der Waals surface area contributed by atoms with Gasteiger partial charge in [0.2, 0.25) is 5.78 Å². The number of methoxy groups -OCH3 is 1. The highest BCUT2D eigenvalue weighted by Gasteiger charge is 2.30. The van der Waals surface area contributed by atoms with Crippen LogP contribution in [0.15, 0.2) is 66.4 Å². The van der Waals surface area contributed by atoms with Crippen molar-refractivity contribution in [1.82, 2.24) is 0 Å². The summed E-state index contributed by atoms with van der Waals surface area (Å²) >= 11 is 0. The number of fused-ring (bicyclic) bond motifs is 1. The summed E-state index contributed by atoms with van der Waals surface area (Å²) in [6, 6.07) is 15.4. The van der Waals surface area contributed by atoms with Crippen LogP contribution in [0.3, 0.4) is 0 Å². The quantitative estimate of drug-likeness (QED) is 0.349. The van der Waals surface area contributed by atoms with E-state index < -0.39 is 5.97 Å². The van der Waals surface area contributed by atoms with Crippen LogP contribution in [0.4, 0.5) is 4.39 Å². The first-order valence-electron chi connectivity index (χ1n) is 9.16. The lowest BCUT2D eigenvalue weighted by Crippen LogP contribution is -2.09. The molecule has 0 fully saturated rings. The van der Waals surface area contributed by atoms with E-state index in [-0.39, 0.29) is 17.4 Å². The van der Waals surface area contributed by atoms with E-state index in [0.29, 0.717) is 39.5 Å². The van der Waals surface area contributed by atoms with Crippen molar-refractivity contribution in [3.05, 3.63) is 94.5 Å². The molecule has 0 N–H and O–H groups in total. The third kappa shape index (κ3) is 3.67. The summed E-state index contributed by atoms with van der Waals surface area (Å²) in [4.78, 5) is 25.1. The Morgan fingerprint density at radius 3 is 2.37 bits per heavy atom. The summed E-state index contributed by atoms with van der Waals surface area (Å²) in [7, 11) is 1.54. The Balaban J connectivity index is 1.58. The van der Waals surface area contributed by atoms with E-state index in [1.54, 1.807) is 68.6 Å². The largest absolute Gasteiger partial charge is 0.497 e. The number of hydrogen-bond donors (Lipinski definition) is 0. The maximum atomic E-state index is 13.1. The molecule has 0 spiro atoms. The molecule has 0 unspecified atom stereocenters. The number of carbonyl (C=O) groups is 2. The SMILES string of the molecule is COc1ccc(C(=O)Oc2ccc3c(c2C)O/C(=C\c2ccc(F)cc2)C3=O)cc1. The van der Waals surface area contributed by atoms with E-state index in [0.717, 1.165) is 0 Å². The molecule has 0 saturated heterocycles. The highest BCUT2D eigenvalue weighted by Crippen LogP contribution is 2.39. The lowest BCUT2D eigenvalue weighted by atomic mass is 10.1. The molecule has 1 heterocycles. The highest BCUT2D eigenvalue weighted by atomic mass is 19.1. The van der Waals surface area contributed by atoms with Crippen molar-refractivity contribution in [3.63, 3.8) is 0 Å². The normalized spacial score (nSPS) is 13.7. The van der Waals surface area contributed by atoms with Crippen molar-refractivity contribution >= 4 is 17.8 Å².